The first-order chi connectivity index (χ1) is 10.1. The van der Waals surface area contributed by atoms with Gasteiger partial charge in [0.15, 0.2) is 0 Å². The molecule has 0 aromatic heterocycles. The summed E-state index contributed by atoms with van der Waals surface area (Å²) in [6, 6.07) is 22.0. The highest BCUT2D eigenvalue weighted by Gasteiger charge is 2.06. The molecule has 106 valence electrons. The molecular formula is C20H21N. The highest BCUT2D eigenvalue weighted by molar-refractivity contribution is 5.83. The number of benzene rings is 3. The minimum absolute atomic E-state index is 0.289. The second kappa shape index (κ2) is 5.61. The maximum atomic E-state index is 3.59. The molecule has 0 saturated carbocycles. The Hall–Kier alpha value is -2.28. The van der Waals surface area contributed by atoms with Crippen molar-refractivity contribution in [3.05, 3.63) is 77.4 Å². The molecule has 0 aliphatic carbocycles. The second-order valence-corrected chi connectivity index (χ2v) is 5.77. The van der Waals surface area contributed by atoms with Crippen LogP contribution in [0.15, 0.2) is 60.7 Å². The van der Waals surface area contributed by atoms with Gasteiger partial charge in [0, 0.05) is 11.7 Å². The summed E-state index contributed by atoms with van der Waals surface area (Å²) in [6.45, 7) is 6.51. The van der Waals surface area contributed by atoms with Gasteiger partial charge in [0.1, 0.15) is 0 Å². The van der Waals surface area contributed by atoms with Crippen LogP contribution in [0, 0.1) is 13.8 Å². The highest BCUT2D eigenvalue weighted by Crippen LogP contribution is 2.24. The SMILES string of the molecule is Cc1ccc(NC(C)c2ccc3ccccc3c2)cc1C. The Morgan fingerprint density at radius 3 is 2.29 bits per heavy atom. The van der Waals surface area contributed by atoms with Crippen LogP contribution in [-0.4, -0.2) is 0 Å². The number of hydrogen-bond acceptors (Lipinski definition) is 1. The number of aryl methyl sites for hydroxylation is 2. The van der Waals surface area contributed by atoms with Crippen molar-refractivity contribution < 1.29 is 0 Å². The fourth-order valence-corrected chi connectivity index (χ4v) is 2.64. The monoisotopic (exact) mass is 275 g/mol. The van der Waals surface area contributed by atoms with E-state index >= 15 is 0 Å². The van der Waals surface area contributed by atoms with Crippen LogP contribution >= 0.6 is 0 Å². The first kappa shape index (κ1) is 13.7. The molecule has 21 heavy (non-hydrogen) atoms. The van der Waals surface area contributed by atoms with Crippen LogP contribution < -0.4 is 5.32 Å². The van der Waals surface area contributed by atoms with Crippen molar-refractivity contribution in [2.75, 3.05) is 5.32 Å². The number of hydrogen-bond donors (Lipinski definition) is 1. The molecule has 0 aliphatic heterocycles. The summed E-state index contributed by atoms with van der Waals surface area (Å²) in [5, 5.41) is 6.18. The van der Waals surface area contributed by atoms with Gasteiger partial charge < -0.3 is 5.32 Å². The van der Waals surface area contributed by atoms with Gasteiger partial charge in [0.25, 0.3) is 0 Å². The van der Waals surface area contributed by atoms with E-state index in [-0.39, 0.29) is 6.04 Å². The Labute approximate surface area is 126 Å². The topological polar surface area (TPSA) is 12.0 Å². The highest BCUT2D eigenvalue weighted by atomic mass is 14.9. The lowest BCUT2D eigenvalue weighted by Gasteiger charge is -2.17. The first-order valence-corrected chi connectivity index (χ1v) is 7.46. The Morgan fingerprint density at radius 1 is 0.762 bits per heavy atom. The predicted molar refractivity (Wildman–Crippen MR) is 91.9 cm³/mol. The minimum Gasteiger partial charge on any atom is -0.379 e. The molecule has 1 atom stereocenters. The van der Waals surface area contributed by atoms with Gasteiger partial charge in [-0.1, -0.05) is 42.5 Å². The van der Waals surface area contributed by atoms with Gasteiger partial charge in [0.2, 0.25) is 0 Å². The molecule has 3 rings (SSSR count). The van der Waals surface area contributed by atoms with Crippen LogP contribution in [0.4, 0.5) is 5.69 Å². The summed E-state index contributed by atoms with van der Waals surface area (Å²) in [4.78, 5) is 0. The zero-order chi connectivity index (χ0) is 14.8. The minimum atomic E-state index is 0.289. The summed E-state index contributed by atoms with van der Waals surface area (Å²) >= 11 is 0. The first-order valence-electron chi connectivity index (χ1n) is 7.46. The van der Waals surface area contributed by atoms with Gasteiger partial charge in [-0.2, -0.15) is 0 Å². The molecule has 1 unspecified atom stereocenters. The van der Waals surface area contributed by atoms with Crippen molar-refractivity contribution >= 4 is 16.5 Å². The smallest absolute Gasteiger partial charge is 0.0485 e. The van der Waals surface area contributed by atoms with Gasteiger partial charge in [-0.3, -0.25) is 0 Å². The molecule has 0 fully saturated rings. The summed E-state index contributed by atoms with van der Waals surface area (Å²) in [5.41, 5.74) is 5.15. The van der Waals surface area contributed by atoms with Crippen molar-refractivity contribution in [2.45, 2.75) is 26.8 Å². The summed E-state index contributed by atoms with van der Waals surface area (Å²) < 4.78 is 0. The summed E-state index contributed by atoms with van der Waals surface area (Å²) in [5.74, 6) is 0. The zero-order valence-electron chi connectivity index (χ0n) is 12.9. The Bertz CT molecular complexity index is 774. The maximum Gasteiger partial charge on any atom is 0.0485 e. The lowest BCUT2D eigenvalue weighted by molar-refractivity contribution is 0.886. The molecule has 1 heteroatoms. The van der Waals surface area contributed by atoms with E-state index in [1.807, 2.05) is 0 Å². The molecule has 0 radical (unpaired) electrons. The normalized spacial score (nSPS) is 12.3. The molecule has 1 N–H and O–H groups in total. The lowest BCUT2D eigenvalue weighted by Crippen LogP contribution is -2.06. The molecule has 0 amide bonds. The zero-order valence-corrected chi connectivity index (χ0v) is 12.9. The van der Waals surface area contributed by atoms with Gasteiger partial charge >= 0.3 is 0 Å². The van der Waals surface area contributed by atoms with E-state index in [9.17, 15) is 0 Å². The van der Waals surface area contributed by atoms with Crippen LogP contribution in [-0.2, 0) is 0 Å². The fourth-order valence-electron chi connectivity index (χ4n) is 2.64. The lowest BCUT2D eigenvalue weighted by atomic mass is 10.0. The fraction of sp³-hybridized carbons (Fsp3) is 0.200. The number of anilines is 1. The second-order valence-electron chi connectivity index (χ2n) is 5.77. The molecular weight excluding hydrogens is 254 g/mol. The van der Waals surface area contributed by atoms with Crippen molar-refractivity contribution in [1.82, 2.24) is 0 Å². The molecule has 0 heterocycles. The van der Waals surface area contributed by atoms with Crippen LogP contribution in [0.1, 0.15) is 29.7 Å². The Morgan fingerprint density at radius 2 is 1.52 bits per heavy atom. The predicted octanol–water partition coefficient (Wildman–Crippen LogP) is 5.63. The Balaban J connectivity index is 1.85. The van der Waals surface area contributed by atoms with E-state index in [0.29, 0.717) is 0 Å². The van der Waals surface area contributed by atoms with Crippen molar-refractivity contribution in [3.63, 3.8) is 0 Å². The van der Waals surface area contributed by atoms with Crippen LogP contribution in [0.2, 0.25) is 0 Å². The number of nitrogens with one attached hydrogen (secondary N) is 1. The van der Waals surface area contributed by atoms with E-state index in [2.05, 4.69) is 86.8 Å². The molecule has 3 aromatic carbocycles. The van der Waals surface area contributed by atoms with E-state index in [4.69, 9.17) is 0 Å². The third-order valence-corrected chi connectivity index (χ3v) is 4.16. The third kappa shape index (κ3) is 2.92. The average Bonchev–Trinajstić information content (AvgIpc) is 2.50. The van der Waals surface area contributed by atoms with Gasteiger partial charge in [-0.25, -0.2) is 0 Å². The Kier molecular flexibility index (Phi) is 3.66. The van der Waals surface area contributed by atoms with Gasteiger partial charge in [-0.15, -0.1) is 0 Å². The van der Waals surface area contributed by atoms with Crippen molar-refractivity contribution in [3.8, 4) is 0 Å². The van der Waals surface area contributed by atoms with Crippen LogP contribution in [0.5, 0.6) is 0 Å². The van der Waals surface area contributed by atoms with E-state index in [0.717, 1.165) is 0 Å². The number of fused-ring (bicyclic) bond motifs is 1. The average molecular weight is 275 g/mol. The summed E-state index contributed by atoms with van der Waals surface area (Å²) in [6.07, 6.45) is 0. The summed E-state index contributed by atoms with van der Waals surface area (Å²) in [7, 11) is 0. The van der Waals surface area contributed by atoms with E-state index in [1.165, 1.54) is 33.2 Å². The van der Waals surface area contributed by atoms with Gasteiger partial charge in [-0.05, 0) is 66.4 Å². The number of rotatable bonds is 3. The molecule has 0 spiro atoms. The molecule has 1 nitrogen and oxygen atoms in total. The van der Waals surface area contributed by atoms with E-state index < -0.39 is 0 Å². The van der Waals surface area contributed by atoms with Crippen LogP contribution in [0.3, 0.4) is 0 Å². The van der Waals surface area contributed by atoms with Crippen LogP contribution in [0.25, 0.3) is 10.8 Å². The third-order valence-electron chi connectivity index (χ3n) is 4.16. The van der Waals surface area contributed by atoms with Crippen molar-refractivity contribution in [1.29, 1.82) is 0 Å². The molecule has 3 aromatic rings. The van der Waals surface area contributed by atoms with Gasteiger partial charge in [0.05, 0.1) is 0 Å². The largest absolute Gasteiger partial charge is 0.379 e. The maximum absolute atomic E-state index is 3.59. The molecule has 0 aliphatic rings. The molecule has 0 saturated heterocycles. The van der Waals surface area contributed by atoms with Crippen molar-refractivity contribution in [2.24, 2.45) is 0 Å². The van der Waals surface area contributed by atoms with E-state index in [1.54, 1.807) is 0 Å². The standard InChI is InChI=1S/C20H21N/c1-14-8-11-20(12-15(14)2)21-16(3)18-10-9-17-6-4-5-7-19(17)13-18/h4-13,16,21H,1-3H3. The quantitative estimate of drug-likeness (QED) is 0.653. The molecule has 0 bridgehead atoms.